The summed E-state index contributed by atoms with van der Waals surface area (Å²) in [7, 11) is 2.03. The van der Waals surface area contributed by atoms with Crippen molar-refractivity contribution in [2.45, 2.75) is 18.9 Å². The molecule has 1 aliphatic rings. The first-order valence-electron chi connectivity index (χ1n) is 8.23. The first-order valence-corrected chi connectivity index (χ1v) is 8.61. The van der Waals surface area contributed by atoms with Gasteiger partial charge in [0.05, 0.1) is 10.7 Å². The zero-order valence-electron chi connectivity index (χ0n) is 14.0. The molecule has 1 heterocycles. The highest BCUT2D eigenvalue weighted by Crippen LogP contribution is 2.30. The van der Waals surface area contributed by atoms with E-state index in [1.807, 2.05) is 25.2 Å². The second-order valence-electron chi connectivity index (χ2n) is 6.17. The first kappa shape index (κ1) is 17.7. The number of amides is 1. The number of para-hydroxylation sites is 1. The van der Waals surface area contributed by atoms with E-state index in [0.717, 1.165) is 30.5 Å². The number of benzene rings is 2. The molecule has 132 valence electrons. The molecule has 6 heteroatoms. The van der Waals surface area contributed by atoms with Crippen LogP contribution in [0.2, 0.25) is 5.02 Å². The number of rotatable bonds is 4. The van der Waals surface area contributed by atoms with Gasteiger partial charge in [-0.1, -0.05) is 35.9 Å². The monoisotopic (exact) mass is 362 g/mol. The Kier molecular flexibility index (Phi) is 5.56. The molecule has 25 heavy (non-hydrogen) atoms. The number of halogens is 2. The smallest absolute Gasteiger partial charge is 0.411 e. The van der Waals surface area contributed by atoms with Crippen LogP contribution >= 0.6 is 11.6 Å². The largest absolute Gasteiger partial charge is 0.448 e. The van der Waals surface area contributed by atoms with E-state index in [0.29, 0.717) is 12.3 Å². The maximum Gasteiger partial charge on any atom is 0.411 e. The third-order valence-corrected chi connectivity index (χ3v) is 4.76. The van der Waals surface area contributed by atoms with Crippen molar-refractivity contribution in [3.05, 3.63) is 53.3 Å². The first-order chi connectivity index (χ1) is 12.0. The molecule has 1 fully saturated rings. The number of hydrogen-bond donors (Lipinski definition) is 1. The van der Waals surface area contributed by atoms with Crippen LogP contribution in [0.25, 0.3) is 11.1 Å². The molecule has 3 rings (SSSR count). The summed E-state index contributed by atoms with van der Waals surface area (Å²) in [5.41, 5.74) is 2.06. The van der Waals surface area contributed by atoms with Gasteiger partial charge >= 0.3 is 6.09 Å². The maximum atomic E-state index is 13.4. The number of nitrogens with one attached hydrogen (secondary N) is 1. The van der Waals surface area contributed by atoms with E-state index in [2.05, 4.69) is 10.2 Å². The van der Waals surface area contributed by atoms with Gasteiger partial charge in [-0.3, -0.25) is 5.32 Å². The summed E-state index contributed by atoms with van der Waals surface area (Å²) in [4.78, 5) is 14.3. The number of likely N-dealkylation sites (N-methyl/N-ethyl adjacent to an activating group) is 1. The Hall–Kier alpha value is -2.11. The lowest BCUT2D eigenvalue weighted by atomic mass is 10.0. The minimum Gasteiger partial charge on any atom is -0.448 e. The van der Waals surface area contributed by atoms with Crippen molar-refractivity contribution in [1.29, 1.82) is 0 Å². The molecule has 1 atom stereocenters. The molecule has 2 aromatic rings. The van der Waals surface area contributed by atoms with Gasteiger partial charge in [0.25, 0.3) is 0 Å². The fourth-order valence-corrected chi connectivity index (χ4v) is 3.20. The summed E-state index contributed by atoms with van der Waals surface area (Å²) in [6, 6.07) is 12.0. The van der Waals surface area contributed by atoms with Gasteiger partial charge in [0.15, 0.2) is 0 Å². The van der Waals surface area contributed by atoms with Crippen molar-refractivity contribution >= 4 is 23.4 Å². The van der Waals surface area contributed by atoms with Crippen molar-refractivity contribution in [2.24, 2.45) is 0 Å². The molecule has 4 nitrogen and oxygen atoms in total. The van der Waals surface area contributed by atoms with E-state index < -0.39 is 11.9 Å². The predicted octanol–water partition coefficient (Wildman–Crippen LogP) is 4.79. The summed E-state index contributed by atoms with van der Waals surface area (Å²) in [6.45, 7) is 1.40. The van der Waals surface area contributed by atoms with E-state index >= 15 is 0 Å². The third-order valence-electron chi connectivity index (χ3n) is 4.47. The molecule has 0 saturated carbocycles. The quantitative estimate of drug-likeness (QED) is 0.850. The van der Waals surface area contributed by atoms with Crippen LogP contribution in [0, 0.1) is 5.82 Å². The van der Waals surface area contributed by atoms with Crippen molar-refractivity contribution in [3.63, 3.8) is 0 Å². The number of ether oxygens (including phenoxy) is 1. The Morgan fingerprint density at radius 3 is 2.88 bits per heavy atom. The van der Waals surface area contributed by atoms with Crippen molar-refractivity contribution in [3.8, 4) is 11.1 Å². The van der Waals surface area contributed by atoms with Gasteiger partial charge in [-0.25, -0.2) is 9.18 Å². The molecule has 0 bridgehead atoms. The summed E-state index contributed by atoms with van der Waals surface area (Å²) >= 11 is 5.87. The molecule has 0 aliphatic carbocycles. The fourth-order valence-electron chi connectivity index (χ4n) is 3.02. The number of carbonyl (C=O) groups excluding carboxylic acids is 1. The maximum absolute atomic E-state index is 13.4. The van der Waals surface area contributed by atoms with E-state index in [-0.39, 0.29) is 11.1 Å². The van der Waals surface area contributed by atoms with Gasteiger partial charge in [-0.05, 0) is 50.2 Å². The molecule has 1 N–H and O–H groups in total. The van der Waals surface area contributed by atoms with Gasteiger partial charge in [-0.15, -0.1) is 0 Å². The molecule has 0 unspecified atom stereocenters. The fraction of sp³-hybridized carbons (Fsp3) is 0.316. The van der Waals surface area contributed by atoms with Gasteiger partial charge in [0, 0.05) is 11.6 Å². The lowest BCUT2D eigenvalue weighted by molar-refractivity contribution is 0.127. The Morgan fingerprint density at radius 2 is 2.16 bits per heavy atom. The Morgan fingerprint density at radius 1 is 1.36 bits per heavy atom. The molecule has 0 spiro atoms. The summed E-state index contributed by atoms with van der Waals surface area (Å²) in [5, 5.41) is 2.81. The van der Waals surface area contributed by atoms with Gasteiger partial charge < -0.3 is 9.64 Å². The average molecular weight is 363 g/mol. The number of likely N-dealkylation sites (tertiary alicyclic amines) is 1. The van der Waals surface area contributed by atoms with Crippen LogP contribution in [0.3, 0.4) is 0 Å². The zero-order chi connectivity index (χ0) is 17.8. The summed E-state index contributed by atoms with van der Waals surface area (Å²) in [5.74, 6) is -0.476. The van der Waals surface area contributed by atoms with Gasteiger partial charge in [-0.2, -0.15) is 0 Å². The number of anilines is 1. The Bertz CT molecular complexity index is 769. The number of hydrogen-bond acceptors (Lipinski definition) is 3. The lowest BCUT2D eigenvalue weighted by Crippen LogP contribution is -2.31. The normalized spacial score (nSPS) is 17.5. The SMILES string of the molecule is CN1CCC[C@H]1COC(=O)Nc1ccccc1-c1ccc(F)c(Cl)c1. The molecule has 0 aromatic heterocycles. The van der Waals surface area contributed by atoms with E-state index in [1.165, 1.54) is 12.1 Å². The standard InChI is InChI=1S/C19H20ClFN2O2/c1-23-10-4-5-14(23)12-25-19(24)22-18-7-3-2-6-15(18)13-8-9-17(21)16(20)11-13/h2-3,6-9,11,14H,4-5,10,12H2,1H3,(H,22,24)/t14-/m0/s1. The van der Waals surface area contributed by atoms with Crippen molar-refractivity contribution < 1.29 is 13.9 Å². The van der Waals surface area contributed by atoms with Crippen LogP contribution in [0.1, 0.15) is 12.8 Å². The van der Waals surface area contributed by atoms with Crippen LogP contribution in [-0.2, 0) is 4.74 Å². The Balaban J connectivity index is 1.70. The van der Waals surface area contributed by atoms with Crippen LogP contribution < -0.4 is 5.32 Å². The van der Waals surface area contributed by atoms with Crippen LogP contribution in [0.4, 0.5) is 14.9 Å². The Labute approximate surface area is 151 Å². The zero-order valence-corrected chi connectivity index (χ0v) is 14.7. The van der Waals surface area contributed by atoms with E-state index in [4.69, 9.17) is 16.3 Å². The molecule has 1 amide bonds. The molecular weight excluding hydrogens is 343 g/mol. The highest BCUT2D eigenvalue weighted by molar-refractivity contribution is 6.31. The van der Waals surface area contributed by atoms with Crippen LogP contribution in [-0.4, -0.2) is 37.2 Å². The molecule has 2 aromatic carbocycles. The van der Waals surface area contributed by atoms with Crippen LogP contribution in [0.5, 0.6) is 0 Å². The second-order valence-corrected chi connectivity index (χ2v) is 6.58. The van der Waals surface area contributed by atoms with Gasteiger partial charge in [0.1, 0.15) is 12.4 Å². The number of nitrogens with zero attached hydrogens (tertiary/aromatic N) is 1. The predicted molar refractivity (Wildman–Crippen MR) is 97.5 cm³/mol. The topological polar surface area (TPSA) is 41.6 Å². The summed E-state index contributed by atoms with van der Waals surface area (Å²) in [6.07, 6.45) is 1.66. The lowest BCUT2D eigenvalue weighted by Gasteiger charge is -2.19. The molecule has 1 saturated heterocycles. The highest BCUT2D eigenvalue weighted by Gasteiger charge is 2.22. The number of carbonyl (C=O) groups is 1. The minimum absolute atomic E-state index is 0.0409. The minimum atomic E-state index is -0.499. The van der Waals surface area contributed by atoms with E-state index in [1.54, 1.807) is 12.1 Å². The molecule has 0 radical (unpaired) electrons. The molecular formula is C19H20ClFN2O2. The van der Waals surface area contributed by atoms with Crippen molar-refractivity contribution in [1.82, 2.24) is 4.90 Å². The highest BCUT2D eigenvalue weighted by atomic mass is 35.5. The summed E-state index contributed by atoms with van der Waals surface area (Å²) < 4.78 is 18.7. The van der Waals surface area contributed by atoms with E-state index in [9.17, 15) is 9.18 Å². The third kappa shape index (κ3) is 4.30. The van der Waals surface area contributed by atoms with Crippen molar-refractivity contribution in [2.75, 3.05) is 25.5 Å². The second kappa shape index (κ2) is 7.85. The van der Waals surface area contributed by atoms with Crippen LogP contribution in [0.15, 0.2) is 42.5 Å². The molecule has 1 aliphatic heterocycles. The van der Waals surface area contributed by atoms with Gasteiger partial charge in [0.2, 0.25) is 0 Å². The average Bonchev–Trinajstić information content (AvgIpc) is 3.01.